The van der Waals surface area contributed by atoms with Crippen LogP contribution in [0.2, 0.25) is 0 Å². The van der Waals surface area contributed by atoms with Crippen LogP contribution in [0.1, 0.15) is 31.4 Å². The van der Waals surface area contributed by atoms with Crippen LogP contribution >= 0.6 is 0 Å². The largest absolute Gasteiger partial charge is 0.495 e. The van der Waals surface area contributed by atoms with Crippen LogP contribution in [-0.2, 0) is 21.2 Å². The summed E-state index contributed by atoms with van der Waals surface area (Å²) < 4.78 is 31.5. The number of carbonyl (C=O) groups is 1. The number of hydrogen-bond donors (Lipinski definition) is 1. The number of benzene rings is 2. The van der Waals surface area contributed by atoms with E-state index >= 15 is 0 Å². The number of amides is 1. The van der Waals surface area contributed by atoms with Crippen molar-refractivity contribution in [3.63, 3.8) is 0 Å². The maximum absolute atomic E-state index is 12.9. The Morgan fingerprint density at radius 1 is 1.14 bits per heavy atom. The second-order valence-corrected chi connectivity index (χ2v) is 9.20. The molecule has 7 heteroatoms. The summed E-state index contributed by atoms with van der Waals surface area (Å²) in [4.78, 5) is 12.9. The van der Waals surface area contributed by atoms with Crippen LogP contribution in [0.15, 0.2) is 48.5 Å². The number of aryl methyl sites for hydroxylation is 2. The smallest absolute Gasteiger partial charge is 0.243 e. The minimum absolute atomic E-state index is 0.0917. The quantitative estimate of drug-likeness (QED) is 0.678. The molecule has 29 heavy (non-hydrogen) atoms. The lowest BCUT2D eigenvalue weighted by molar-refractivity contribution is -0.122. The molecule has 158 valence electrons. The summed E-state index contributed by atoms with van der Waals surface area (Å²) >= 11 is 0. The van der Waals surface area contributed by atoms with E-state index in [4.69, 9.17) is 4.74 Å². The van der Waals surface area contributed by atoms with Gasteiger partial charge in [-0.2, -0.15) is 0 Å². The highest BCUT2D eigenvalue weighted by Crippen LogP contribution is 2.32. The minimum atomic E-state index is -3.71. The van der Waals surface area contributed by atoms with Crippen molar-refractivity contribution in [3.8, 4) is 5.75 Å². The Hall–Kier alpha value is -2.54. The Kier molecular flexibility index (Phi) is 7.67. The average Bonchev–Trinajstić information content (AvgIpc) is 2.66. The van der Waals surface area contributed by atoms with Crippen LogP contribution in [0, 0.1) is 6.92 Å². The van der Waals surface area contributed by atoms with Crippen molar-refractivity contribution in [2.24, 2.45) is 0 Å². The lowest BCUT2D eigenvalue weighted by Crippen LogP contribution is -2.50. The van der Waals surface area contributed by atoms with Gasteiger partial charge in [-0.15, -0.1) is 0 Å². The zero-order valence-electron chi connectivity index (χ0n) is 17.7. The Morgan fingerprint density at radius 3 is 2.38 bits per heavy atom. The molecule has 0 fully saturated rings. The minimum Gasteiger partial charge on any atom is -0.495 e. The monoisotopic (exact) mass is 418 g/mol. The number of nitrogens with one attached hydrogen (secondary N) is 1. The molecule has 0 unspecified atom stereocenters. The molecule has 0 spiro atoms. The molecular formula is C22H30N2O4S. The highest BCUT2D eigenvalue weighted by Gasteiger charge is 2.31. The predicted molar refractivity (Wildman–Crippen MR) is 117 cm³/mol. The average molecular weight is 419 g/mol. The third-order valence-corrected chi connectivity index (χ3v) is 5.99. The van der Waals surface area contributed by atoms with Crippen molar-refractivity contribution in [3.05, 3.63) is 59.7 Å². The van der Waals surface area contributed by atoms with E-state index in [2.05, 4.69) is 5.32 Å². The third kappa shape index (κ3) is 6.22. The van der Waals surface area contributed by atoms with Crippen LogP contribution in [0.3, 0.4) is 0 Å². The van der Waals surface area contributed by atoms with Gasteiger partial charge in [0.05, 0.1) is 19.1 Å². The molecule has 2 rings (SSSR count). The van der Waals surface area contributed by atoms with E-state index in [0.29, 0.717) is 11.4 Å². The van der Waals surface area contributed by atoms with Gasteiger partial charge in [0.2, 0.25) is 15.9 Å². The molecule has 0 aliphatic heterocycles. The number of nitrogens with zero attached hydrogens (tertiary/aromatic N) is 1. The summed E-state index contributed by atoms with van der Waals surface area (Å²) in [7, 11) is -2.23. The van der Waals surface area contributed by atoms with Gasteiger partial charge in [0.15, 0.2) is 0 Å². The highest BCUT2D eigenvalue weighted by atomic mass is 32.2. The maximum Gasteiger partial charge on any atom is 0.243 e. The van der Waals surface area contributed by atoms with E-state index in [1.165, 1.54) is 12.7 Å². The fourth-order valence-corrected chi connectivity index (χ4v) is 4.39. The molecule has 2 atom stereocenters. The molecule has 1 amide bonds. The van der Waals surface area contributed by atoms with Crippen molar-refractivity contribution in [1.29, 1.82) is 0 Å². The molecule has 0 aliphatic carbocycles. The van der Waals surface area contributed by atoms with Gasteiger partial charge < -0.3 is 10.1 Å². The summed E-state index contributed by atoms with van der Waals surface area (Å²) in [5.41, 5.74) is 2.43. The molecule has 6 nitrogen and oxygen atoms in total. The van der Waals surface area contributed by atoms with Gasteiger partial charge in [-0.1, -0.05) is 36.4 Å². The first-order valence-corrected chi connectivity index (χ1v) is 11.5. The van der Waals surface area contributed by atoms with Gasteiger partial charge in [0, 0.05) is 6.04 Å². The van der Waals surface area contributed by atoms with E-state index in [0.717, 1.165) is 29.0 Å². The summed E-state index contributed by atoms with van der Waals surface area (Å²) in [5, 5.41) is 2.94. The molecule has 0 heterocycles. The van der Waals surface area contributed by atoms with Gasteiger partial charge in [0.1, 0.15) is 11.8 Å². The molecule has 0 saturated heterocycles. The van der Waals surface area contributed by atoms with Gasteiger partial charge in [0.25, 0.3) is 0 Å². The fourth-order valence-electron chi connectivity index (χ4n) is 3.22. The fraction of sp³-hybridized carbons (Fsp3) is 0.409. The molecule has 0 saturated carbocycles. The topological polar surface area (TPSA) is 75.7 Å². The van der Waals surface area contributed by atoms with Crippen LogP contribution in [0.5, 0.6) is 5.75 Å². The maximum atomic E-state index is 12.9. The SMILES string of the molecule is COc1ccc(C)cc1N([C@H](C)C(=O)N[C@@H](C)CCc1ccccc1)S(C)(=O)=O. The Balaban J connectivity index is 2.16. The first-order chi connectivity index (χ1) is 13.6. The van der Waals surface area contributed by atoms with E-state index in [9.17, 15) is 13.2 Å². The second kappa shape index (κ2) is 9.78. The Morgan fingerprint density at radius 2 is 1.79 bits per heavy atom. The number of rotatable bonds is 9. The molecule has 0 aromatic heterocycles. The standard InChI is InChI=1S/C22H30N2O4S/c1-16-11-14-21(28-4)20(15-16)24(29(5,26)27)18(3)22(25)23-17(2)12-13-19-9-7-6-8-10-19/h6-11,14-15,17-18H,12-13H2,1-5H3,(H,23,25)/t17-,18+/m0/s1. The normalized spacial score (nSPS) is 13.4. The van der Waals surface area contributed by atoms with Crippen molar-refractivity contribution in [2.75, 3.05) is 17.7 Å². The molecule has 0 radical (unpaired) electrons. The van der Waals surface area contributed by atoms with Crippen LogP contribution < -0.4 is 14.4 Å². The number of ether oxygens (including phenoxy) is 1. The van der Waals surface area contributed by atoms with E-state index in [1.807, 2.05) is 50.2 Å². The van der Waals surface area contributed by atoms with Gasteiger partial charge in [-0.05, 0) is 56.9 Å². The van der Waals surface area contributed by atoms with Crippen LogP contribution in [0.25, 0.3) is 0 Å². The first-order valence-electron chi connectivity index (χ1n) is 9.62. The summed E-state index contributed by atoms with van der Waals surface area (Å²) in [5.74, 6) is 0.0531. The van der Waals surface area contributed by atoms with Crippen molar-refractivity contribution >= 4 is 21.6 Å². The summed E-state index contributed by atoms with van der Waals surface area (Å²) in [6.07, 6.45) is 2.69. The summed E-state index contributed by atoms with van der Waals surface area (Å²) in [6.45, 7) is 5.37. The Bertz CT molecular complexity index is 929. The number of carbonyl (C=O) groups excluding carboxylic acids is 1. The molecule has 0 aliphatic rings. The van der Waals surface area contributed by atoms with Crippen molar-refractivity contribution in [1.82, 2.24) is 5.32 Å². The number of hydrogen-bond acceptors (Lipinski definition) is 4. The zero-order chi connectivity index (χ0) is 21.6. The van der Waals surface area contributed by atoms with Crippen molar-refractivity contribution in [2.45, 2.75) is 45.7 Å². The van der Waals surface area contributed by atoms with E-state index in [1.54, 1.807) is 19.1 Å². The lowest BCUT2D eigenvalue weighted by atomic mass is 10.1. The molecule has 2 aromatic rings. The molecule has 1 N–H and O–H groups in total. The third-order valence-electron chi connectivity index (χ3n) is 4.76. The number of anilines is 1. The summed E-state index contributed by atoms with van der Waals surface area (Å²) in [6, 6.07) is 14.3. The van der Waals surface area contributed by atoms with Crippen molar-refractivity contribution < 1.29 is 17.9 Å². The zero-order valence-corrected chi connectivity index (χ0v) is 18.5. The molecular weight excluding hydrogens is 388 g/mol. The molecule has 0 bridgehead atoms. The second-order valence-electron chi connectivity index (χ2n) is 7.34. The van der Waals surface area contributed by atoms with E-state index < -0.39 is 16.1 Å². The Labute approximate surface area is 173 Å². The van der Waals surface area contributed by atoms with Crippen LogP contribution in [0.4, 0.5) is 5.69 Å². The lowest BCUT2D eigenvalue weighted by Gasteiger charge is -2.30. The number of sulfonamides is 1. The predicted octanol–water partition coefficient (Wildman–Crippen LogP) is 3.30. The number of methoxy groups -OCH3 is 1. The first kappa shape index (κ1) is 22.7. The van der Waals surface area contributed by atoms with Gasteiger partial charge in [-0.25, -0.2) is 8.42 Å². The van der Waals surface area contributed by atoms with E-state index in [-0.39, 0.29) is 11.9 Å². The highest BCUT2D eigenvalue weighted by molar-refractivity contribution is 7.92. The van der Waals surface area contributed by atoms with Gasteiger partial charge in [-0.3, -0.25) is 9.10 Å². The van der Waals surface area contributed by atoms with Crippen LogP contribution in [-0.4, -0.2) is 39.8 Å². The molecule has 2 aromatic carbocycles. The van der Waals surface area contributed by atoms with Gasteiger partial charge >= 0.3 is 0 Å².